The number of carbonyl (C=O) groups excluding carboxylic acids is 3. The maximum absolute atomic E-state index is 12.8. The zero-order valence-electron chi connectivity index (χ0n) is 15.3. The van der Waals surface area contributed by atoms with Gasteiger partial charge in [0, 0.05) is 25.1 Å². The number of nitrogens with two attached hydrogens (primary N) is 1. The molecular formula is C20H22ClN3O3S. The number of rotatable bonds is 6. The summed E-state index contributed by atoms with van der Waals surface area (Å²) in [4.78, 5) is 38.4. The number of carbonyl (C=O) groups is 3. The lowest BCUT2D eigenvalue weighted by Gasteiger charge is -2.32. The van der Waals surface area contributed by atoms with Gasteiger partial charge in [0.25, 0.3) is 11.8 Å². The molecule has 0 atom stereocenters. The van der Waals surface area contributed by atoms with Gasteiger partial charge in [-0.25, -0.2) is 0 Å². The first-order valence-electron chi connectivity index (χ1n) is 9.16. The van der Waals surface area contributed by atoms with Crippen molar-refractivity contribution in [3.8, 4) is 0 Å². The van der Waals surface area contributed by atoms with Gasteiger partial charge in [-0.15, -0.1) is 11.3 Å². The van der Waals surface area contributed by atoms with Gasteiger partial charge in [-0.3, -0.25) is 14.4 Å². The second kappa shape index (κ2) is 9.21. The lowest BCUT2D eigenvalue weighted by atomic mass is 9.92. The van der Waals surface area contributed by atoms with Gasteiger partial charge >= 0.3 is 0 Å². The van der Waals surface area contributed by atoms with Crippen LogP contribution in [-0.2, 0) is 4.79 Å². The number of anilines is 1. The Balaban J connectivity index is 1.63. The van der Waals surface area contributed by atoms with E-state index in [0.717, 1.165) is 19.3 Å². The Morgan fingerprint density at radius 1 is 1.21 bits per heavy atom. The quantitative estimate of drug-likeness (QED) is 0.746. The maximum Gasteiger partial charge on any atom is 0.265 e. The van der Waals surface area contributed by atoms with E-state index in [1.165, 1.54) is 11.3 Å². The van der Waals surface area contributed by atoms with E-state index < -0.39 is 0 Å². The fraction of sp³-hybridized carbons (Fsp3) is 0.350. The summed E-state index contributed by atoms with van der Waals surface area (Å²) in [6, 6.07) is 8.44. The average Bonchev–Trinajstić information content (AvgIpc) is 3.23. The van der Waals surface area contributed by atoms with Crippen molar-refractivity contribution in [2.45, 2.75) is 25.7 Å². The van der Waals surface area contributed by atoms with Crippen LogP contribution in [0.3, 0.4) is 0 Å². The Hall–Kier alpha value is -2.38. The summed E-state index contributed by atoms with van der Waals surface area (Å²) in [5, 5.41) is 4.97. The Morgan fingerprint density at radius 3 is 2.61 bits per heavy atom. The van der Waals surface area contributed by atoms with Gasteiger partial charge in [-0.05, 0) is 54.8 Å². The van der Waals surface area contributed by atoms with E-state index in [1.54, 1.807) is 35.2 Å². The summed E-state index contributed by atoms with van der Waals surface area (Å²) in [6.07, 6.45) is 2.88. The molecule has 2 heterocycles. The van der Waals surface area contributed by atoms with Crippen molar-refractivity contribution in [2.75, 3.05) is 18.4 Å². The molecule has 28 heavy (non-hydrogen) atoms. The topological polar surface area (TPSA) is 92.5 Å². The number of nitrogens with zero attached hydrogens (tertiary/aromatic N) is 1. The van der Waals surface area contributed by atoms with Gasteiger partial charge in [0.1, 0.15) is 0 Å². The minimum absolute atomic E-state index is 0.0864. The van der Waals surface area contributed by atoms with Crippen molar-refractivity contribution in [2.24, 2.45) is 11.7 Å². The van der Waals surface area contributed by atoms with Crippen LogP contribution >= 0.6 is 22.9 Å². The zero-order chi connectivity index (χ0) is 20.1. The molecule has 148 valence electrons. The molecule has 1 aromatic carbocycles. The minimum Gasteiger partial charge on any atom is -0.370 e. The molecule has 1 aliphatic rings. The first kappa shape index (κ1) is 20.4. The molecule has 0 bridgehead atoms. The van der Waals surface area contributed by atoms with Gasteiger partial charge < -0.3 is 16.0 Å². The van der Waals surface area contributed by atoms with Crippen LogP contribution in [0.25, 0.3) is 0 Å². The van der Waals surface area contributed by atoms with Crippen molar-refractivity contribution in [1.82, 2.24) is 4.90 Å². The molecule has 1 saturated heterocycles. The summed E-state index contributed by atoms with van der Waals surface area (Å²) in [6.45, 7) is 1.28. The van der Waals surface area contributed by atoms with Crippen molar-refractivity contribution >= 4 is 46.3 Å². The highest BCUT2D eigenvalue weighted by Crippen LogP contribution is 2.27. The number of halogens is 1. The Bertz CT molecular complexity index is 862. The standard InChI is InChI=1S/C20H22ClN3O3S/c21-15-5-4-14(12-16(15)23-19(26)17-2-1-11-28-17)20(27)24-9-7-13(8-10-24)3-6-18(22)25/h1-2,4-5,11-13H,3,6-10H2,(H2,22,25)(H,23,26). The molecule has 0 radical (unpaired) electrons. The molecule has 1 aromatic heterocycles. The Labute approximate surface area is 172 Å². The molecule has 2 aromatic rings. The normalized spacial score (nSPS) is 14.7. The van der Waals surface area contributed by atoms with Crippen LogP contribution in [0.5, 0.6) is 0 Å². The van der Waals surface area contributed by atoms with E-state index >= 15 is 0 Å². The lowest BCUT2D eigenvalue weighted by molar-refractivity contribution is -0.118. The first-order chi connectivity index (χ1) is 13.4. The second-order valence-electron chi connectivity index (χ2n) is 6.87. The summed E-state index contributed by atoms with van der Waals surface area (Å²) >= 11 is 7.53. The van der Waals surface area contributed by atoms with Gasteiger partial charge in [0.2, 0.25) is 5.91 Å². The van der Waals surface area contributed by atoms with Gasteiger partial charge in [-0.2, -0.15) is 0 Å². The molecule has 0 aliphatic carbocycles. The molecule has 3 rings (SSSR count). The maximum atomic E-state index is 12.8. The van der Waals surface area contributed by atoms with Crippen LogP contribution in [0.1, 0.15) is 45.7 Å². The van der Waals surface area contributed by atoms with Crippen molar-refractivity contribution < 1.29 is 14.4 Å². The predicted octanol–water partition coefficient (Wildman–Crippen LogP) is 3.77. The molecular weight excluding hydrogens is 398 g/mol. The zero-order valence-corrected chi connectivity index (χ0v) is 16.9. The number of likely N-dealkylation sites (tertiary alicyclic amines) is 1. The molecule has 1 aliphatic heterocycles. The van der Waals surface area contributed by atoms with Crippen LogP contribution in [0.15, 0.2) is 35.7 Å². The van der Waals surface area contributed by atoms with Crippen LogP contribution in [0.4, 0.5) is 5.69 Å². The number of hydrogen-bond donors (Lipinski definition) is 2. The van der Waals surface area contributed by atoms with E-state index in [4.69, 9.17) is 17.3 Å². The molecule has 0 unspecified atom stereocenters. The van der Waals surface area contributed by atoms with Gasteiger partial charge in [0.15, 0.2) is 0 Å². The van der Waals surface area contributed by atoms with Gasteiger partial charge in [-0.1, -0.05) is 17.7 Å². The fourth-order valence-corrected chi connectivity index (χ4v) is 4.08. The molecule has 3 amide bonds. The minimum atomic E-state index is -0.281. The molecule has 8 heteroatoms. The molecule has 3 N–H and O–H groups in total. The second-order valence-corrected chi connectivity index (χ2v) is 8.22. The third-order valence-corrected chi connectivity index (χ3v) is 6.11. The van der Waals surface area contributed by atoms with E-state index in [1.807, 2.05) is 5.38 Å². The summed E-state index contributed by atoms with van der Waals surface area (Å²) in [5.74, 6) is -0.201. The predicted molar refractivity (Wildman–Crippen MR) is 111 cm³/mol. The Morgan fingerprint density at radius 2 is 1.96 bits per heavy atom. The largest absolute Gasteiger partial charge is 0.370 e. The fourth-order valence-electron chi connectivity index (χ4n) is 3.30. The number of piperidine rings is 1. The van der Waals surface area contributed by atoms with E-state index in [-0.39, 0.29) is 17.7 Å². The SMILES string of the molecule is NC(=O)CCC1CCN(C(=O)c2ccc(Cl)c(NC(=O)c3cccs3)c2)CC1. The third kappa shape index (κ3) is 5.11. The highest BCUT2D eigenvalue weighted by Gasteiger charge is 2.24. The van der Waals surface area contributed by atoms with Crippen molar-refractivity contribution in [1.29, 1.82) is 0 Å². The highest BCUT2D eigenvalue weighted by molar-refractivity contribution is 7.12. The molecule has 1 fully saturated rings. The van der Waals surface area contributed by atoms with E-state index in [9.17, 15) is 14.4 Å². The van der Waals surface area contributed by atoms with Crippen LogP contribution in [0, 0.1) is 5.92 Å². The number of benzene rings is 1. The molecule has 0 spiro atoms. The highest BCUT2D eigenvalue weighted by atomic mass is 35.5. The summed E-state index contributed by atoms with van der Waals surface area (Å²) in [5.41, 5.74) is 6.12. The number of nitrogens with one attached hydrogen (secondary N) is 1. The average molecular weight is 420 g/mol. The molecule has 6 nitrogen and oxygen atoms in total. The number of primary amides is 1. The van der Waals surface area contributed by atoms with Crippen LogP contribution in [0.2, 0.25) is 5.02 Å². The number of amides is 3. The Kier molecular flexibility index (Phi) is 6.70. The first-order valence-corrected chi connectivity index (χ1v) is 10.4. The smallest absolute Gasteiger partial charge is 0.265 e. The van der Waals surface area contributed by atoms with Crippen molar-refractivity contribution in [3.05, 3.63) is 51.2 Å². The molecule has 0 saturated carbocycles. The number of thiophene rings is 1. The summed E-state index contributed by atoms with van der Waals surface area (Å²) < 4.78 is 0. The third-order valence-electron chi connectivity index (χ3n) is 4.91. The van der Waals surface area contributed by atoms with Crippen molar-refractivity contribution in [3.63, 3.8) is 0 Å². The summed E-state index contributed by atoms with van der Waals surface area (Å²) in [7, 11) is 0. The van der Waals surface area contributed by atoms with E-state index in [2.05, 4.69) is 5.32 Å². The van der Waals surface area contributed by atoms with Gasteiger partial charge in [0.05, 0.1) is 15.6 Å². The number of hydrogen-bond acceptors (Lipinski definition) is 4. The van der Waals surface area contributed by atoms with E-state index in [0.29, 0.717) is 46.6 Å². The monoisotopic (exact) mass is 419 g/mol. The van der Waals surface area contributed by atoms with Crippen LogP contribution < -0.4 is 11.1 Å². The van der Waals surface area contributed by atoms with Crippen LogP contribution in [-0.4, -0.2) is 35.7 Å². The lowest BCUT2D eigenvalue weighted by Crippen LogP contribution is -2.38.